The lowest BCUT2D eigenvalue weighted by atomic mass is 10.2. The Kier molecular flexibility index (Phi) is 6.17. The van der Waals surface area contributed by atoms with E-state index in [0.717, 1.165) is 24.3 Å². The zero-order valence-electron chi connectivity index (χ0n) is 14.2. The summed E-state index contributed by atoms with van der Waals surface area (Å²) < 4.78 is 37.5. The largest absolute Gasteiger partial charge is 0.416 e. The van der Waals surface area contributed by atoms with E-state index < -0.39 is 30.0 Å². The third kappa shape index (κ3) is 6.46. The van der Waals surface area contributed by atoms with E-state index >= 15 is 0 Å². The molecule has 0 radical (unpaired) electrons. The molecule has 0 aliphatic carbocycles. The molecule has 3 N–H and O–H groups in total. The van der Waals surface area contributed by atoms with Gasteiger partial charge in [-0.2, -0.15) is 13.2 Å². The second kappa shape index (κ2) is 8.35. The van der Waals surface area contributed by atoms with Crippen LogP contribution in [0, 0.1) is 0 Å². The van der Waals surface area contributed by atoms with Gasteiger partial charge in [0.25, 0.3) is 0 Å². The molecule has 0 atom stereocenters. The summed E-state index contributed by atoms with van der Waals surface area (Å²) in [5, 5.41) is 7.43. The van der Waals surface area contributed by atoms with Crippen LogP contribution >= 0.6 is 0 Å². The standard InChI is InChI=1S/C18H16F3N3O3/c1-11(25)22-13-6-8-15(9-7-13)24-17(27)10-16(26)23-14-4-2-12(3-5-14)18(19,20)21/h2-9H,10H2,1H3,(H,22,25)(H,23,26)(H,24,27). The summed E-state index contributed by atoms with van der Waals surface area (Å²) in [6.07, 6.45) is -4.97. The van der Waals surface area contributed by atoms with Gasteiger partial charge < -0.3 is 16.0 Å². The molecule has 27 heavy (non-hydrogen) atoms. The van der Waals surface area contributed by atoms with Crippen molar-refractivity contribution in [1.29, 1.82) is 0 Å². The maximum Gasteiger partial charge on any atom is 0.416 e. The first kappa shape index (κ1) is 20.0. The van der Waals surface area contributed by atoms with Crippen LogP contribution in [0.2, 0.25) is 0 Å². The molecule has 0 saturated heterocycles. The molecule has 0 fully saturated rings. The Balaban J connectivity index is 1.86. The minimum Gasteiger partial charge on any atom is -0.326 e. The zero-order valence-corrected chi connectivity index (χ0v) is 14.2. The molecule has 2 aromatic carbocycles. The van der Waals surface area contributed by atoms with Gasteiger partial charge in [0.15, 0.2) is 0 Å². The number of rotatable bonds is 5. The van der Waals surface area contributed by atoms with Gasteiger partial charge in [-0.25, -0.2) is 0 Å². The summed E-state index contributed by atoms with van der Waals surface area (Å²) in [5.41, 5.74) is 0.304. The summed E-state index contributed by atoms with van der Waals surface area (Å²) in [7, 11) is 0. The highest BCUT2D eigenvalue weighted by Gasteiger charge is 2.30. The van der Waals surface area contributed by atoms with Gasteiger partial charge in [-0.15, -0.1) is 0 Å². The van der Waals surface area contributed by atoms with Gasteiger partial charge in [-0.1, -0.05) is 0 Å². The lowest BCUT2D eigenvalue weighted by molar-refractivity contribution is -0.137. The van der Waals surface area contributed by atoms with Crippen molar-refractivity contribution in [1.82, 2.24) is 0 Å². The molecule has 3 amide bonds. The summed E-state index contributed by atoms with van der Waals surface area (Å²) >= 11 is 0. The topological polar surface area (TPSA) is 87.3 Å². The third-order valence-corrected chi connectivity index (χ3v) is 3.31. The van der Waals surface area contributed by atoms with Crippen LogP contribution in [0.5, 0.6) is 0 Å². The number of hydrogen-bond acceptors (Lipinski definition) is 3. The first-order valence-corrected chi connectivity index (χ1v) is 7.78. The molecule has 2 aromatic rings. The van der Waals surface area contributed by atoms with E-state index in [-0.39, 0.29) is 11.6 Å². The van der Waals surface area contributed by atoms with Crippen molar-refractivity contribution in [2.75, 3.05) is 16.0 Å². The fourth-order valence-electron chi connectivity index (χ4n) is 2.14. The number of anilines is 3. The van der Waals surface area contributed by atoms with E-state index in [1.807, 2.05) is 0 Å². The van der Waals surface area contributed by atoms with E-state index in [1.165, 1.54) is 6.92 Å². The van der Waals surface area contributed by atoms with Crippen LogP contribution in [0.1, 0.15) is 18.9 Å². The fraction of sp³-hybridized carbons (Fsp3) is 0.167. The fourth-order valence-corrected chi connectivity index (χ4v) is 2.14. The Bertz CT molecular complexity index is 832. The molecule has 0 saturated carbocycles. The molecule has 0 unspecified atom stereocenters. The molecule has 0 bridgehead atoms. The first-order valence-electron chi connectivity index (χ1n) is 7.78. The highest BCUT2D eigenvalue weighted by molar-refractivity contribution is 6.08. The van der Waals surface area contributed by atoms with Gasteiger partial charge in [-0.3, -0.25) is 14.4 Å². The molecule has 0 aliphatic heterocycles. The van der Waals surface area contributed by atoms with E-state index in [4.69, 9.17) is 0 Å². The minimum atomic E-state index is -4.46. The van der Waals surface area contributed by atoms with Gasteiger partial charge in [0, 0.05) is 24.0 Å². The number of carbonyl (C=O) groups excluding carboxylic acids is 3. The number of hydrogen-bond donors (Lipinski definition) is 3. The van der Waals surface area contributed by atoms with Crippen molar-refractivity contribution in [2.24, 2.45) is 0 Å². The van der Waals surface area contributed by atoms with Gasteiger partial charge >= 0.3 is 6.18 Å². The second-order valence-electron chi connectivity index (χ2n) is 5.61. The van der Waals surface area contributed by atoms with Crippen molar-refractivity contribution in [3.05, 3.63) is 54.1 Å². The van der Waals surface area contributed by atoms with Crippen molar-refractivity contribution in [3.8, 4) is 0 Å². The average Bonchev–Trinajstić information content (AvgIpc) is 2.55. The van der Waals surface area contributed by atoms with Crippen LogP contribution in [0.4, 0.5) is 30.2 Å². The van der Waals surface area contributed by atoms with Crippen molar-refractivity contribution in [3.63, 3.8) is 0 Å². The average molecular weight is 379 g/mol. The Hall–Kier alpha value is -3.36. The molecular weight excluding hydrogens is 363 g/mol. The van der Waals surface area contributed by atoms with Crippen LogP contribution in [-0.2, 0) is 20.6 Å². The van der Waals surface area contributed by atoms with E-state index in [9.17, 15) is 27.6 Å². The Morgan fingerprint density at radius 1 is 0.741 bits per heavy atom. The highest BCUT2D eigenvalue weighted by atomic mass is 19.4. The molecule has 0 heterocycles. The molecule has 9 heteroatoms. The Morgan fingerprint density at radius 3 is 1.48 bits per heavy atom. The van der Waals surface area contributed by atoms with Crippen molar-refractivity contribution < 1.29 is 27.6 Å². The number of nitrogens with one attached hydrogen (secondary N) is 3. The summed E-state index contributed by atoms with van der Waals surface area (Å²) in [4.78, 5) is 34.6. The summed E-state index contributed by atoms with van der Waals surface area (Å²) in [6, 6.07) is 10.2. The van der Waals surface area contributed by atoms with Crippen LogP contribution in [0.3, 0.4) is 0 Å². The van der Waals surface area contributed by atoms with E-state index in [0.29, 0.717) is 11.4 Å². The van der Waals surface area contributed by atoms with Crippen LogP contribution in [0.25, 0.3) is 0 Å². The number of carbonyl (C=O) groups is 3. The lowest BCUT2D eigenvalue weighted by Gasteiger charge is -2.09. The Labute approximate surface area is 152 Å². The number of benzene rings is 2. The second-order valence-corrected chi connectivity index (χ2v) is 5.61. The van der Waals surface area contributed by atoms with E-state index in [1.54, 1.807) is 24.3 Å². The molecule has 2 rings (SSSR count). The highest BCUT2D eigenvalue weighted by Crippen LogP contribution is 2.29. The smallest absolute Gasteiger partial charge is 0.326 e. The molecule has 6 nitrogen and oxygen atoms in total. The number of amides is 3. The minimum absolute atomic E-state index is 0.153. The SMILES string of the molecule is CC(=O)Nc1ccc(NC(=O)CC(=O)Nc2ccc(C(F)(F)F)cc2)cc1. The third-order valence-electron chi connectivity index (χ3n) is 3.31. The van der Waals surface area contributed by atoms with Crippen molar-refractivity contribution >= 4 is 34.8 Å². The molecular formula is C18H16F3N3O3. The quantitative estimate of drug-likeness (QED) is 0.694. The maximum absolute atomic E-state index is 12.5. The number of halogens is 3. The molecule has 0 aliphatic rings. The van der Waals surface area contributed by atoms with Gasteiger partial charge in [0.1, 0.15) is 6.42 Å². The first-order chi connectivity index (χ1) is 12.6. The van der Waals surface area contributed by atoms with Crippen LogP contribution in [0.15, 0.2) is 48.5 Å². The zero-order chi connectivity index (χ0) is 20.0. The normalized spacial score (nSPS) is 10.8. The van der Waals surface area contributed by atoms with Gasteiger partial charge in [0.2, 0.25) is 17.7 Å². The molecule has 142 valence electrons. The maximum atomic E-state index is 12.5. The number of alkyl halides is 3. The predicted octanol–water partition coefficient (Wildman–Crippen LogP) is 3.63. The lowest BCUT2D eigenvalue weighted by Crippen LogP contribution is -2.21. The Morgan fingerprint density at radius 2 is 1.11 bits per heavy atom. The molecule has 0 aromatic heterocycles. The predicted molar refractivity (Wildman–Crippen MR) is 94.1 cm³/mol. The van der Waals surface area contributed by atoms with Gasteiger partial charge in [0.05, 0.1) is 5.56 Å². The van der Waals surface area contributed by atoms with Crippen molar-refractivity contribution in [2.45, 2.75) is 19.5 Å². The van der Waals surface area contributed by atoms with Crippen LogP contribution < -0.4 is 16.0 Å². The van der Waals surface area contributed by atoms with Crippen LogP contribution in [-0.4, -0.2) is 17.7 Å². The summed E-state index contributed by atoms with van der Waals surface area (Å²) in [6.45, 7) is 1.37. The molecule has 0 spiro atoms. The monoisotopic (exact) mass is 379 g/mol. The van der Waals surface area contributed by atoms with Gasteiger partial charge in [-0.05, 0) is 48.5 Å². The van der Waals surface area contributed by atoms with E-state index in [2.05, 4.69) is 16.0 Å². The summed E-state index contributed by atoms with van der Waals surface area (Å²) in [5.74, 6) is -1.49.